The van der Waals surface area contributed by atoms with Crippen molar-refractivity contribution in [2.45, 2.75) is 32.1 Å². The van der Waals surface area contributed by atoms with Gasteiger partial charge in [-0.1, -0.05) is 36.4 Å². The number of amides is 1. The summed E-state index contributed by atoms with van der Waals surface area (Å²) in [7, 11) is 0. The first-order chi connectivity index (χ1) is 13.7. The van der Waals surface area contributed by atoms with Gasteiger partial charge in [0.25, 0.3) is 5.91 Å². The molecule has 1 amide bonds. The molecule has 142 valence electrons. The van der Waals surface area contributed by atoms with E-state index in [9.17, 15) is 4.79 Å². The minimum atomic E-state index is 0.0162. The van der Waals surface area contributed by atoms with Gasteiger partial charge < -0.3 is 4.90 Å². The SMILES string of the molecule is Cc1cc(Cc2ccccc2)cc(C2CCCN(C(=O)c3ccccn3)C2)n1. The molecule has 0 bridgehead atoms. The minimum Gasteiger partial charge on any atom is -0.337 e. The first-order valence-corrected chi connectivity index (χ1v) is 9.91. The van der Waals surface area contributed by atoms with Gasteiger partial charge in [-0.05, 0) is 61.6 Å². The molecule has 1 unspecified atom stereocenters. The molecule has 0 radical (unpaired) electrons. The van der Waals surface area contributed by atoms with E-state index in [2.05, 4.69) is 48.3 Å². The van der Waals surface area contributed by atoms with Crippen molar-refractivity contribution in [3.63, 3.8) is 0 Å². The number of nitrogens with zero attached hydrogens (tertiary/aromatic N) is 3. The number of piperidine rings is 1. The van der Waals surface area contributed by atoms with Gasteiger partial charge in [-0.2, -0.15) is 0 Å². The smallest absolute Gasteiger partial charge is 0.272 e. The summed E-state index contributed by atoms with van der Waals surface area (Å²) < 4.78 is 0. The van der Waals surface area contributed by atoms with Crippen molar-refractivity contribution in [1.29, 1.82) is 0 Å². The number of carbonyl (C=O) groups excluding carboxylic acids is 1. The van der Waals surface area contributed by atoms with Crippen LogP contribution in [0.25, 0.3) is 0 Å². The maximum Gasteiger partial charge on any atom is 0.272 e. The van der Waals surface area contributed by atoms with E-state index in [1.807, 2.05) is 23.1 Å². The molecule has 1 aromatic carbocycles. The zero-order valence-electron chi connectivity index (χ0n) is 16.2. The molecule has 3 heterocycles. The molecule has 0 saturated carbocycles. The molecule has 1 aliphatic rings. The lowest BCUT2D eigenvalue weighted by atomic mass is 9.92. The highest BCUT2D eigenvalue weighted by Crippen LogP contribution is 2.28. The number of aryl methyl sites for hydroxylation is 1. The molecule has 2 aromatic heterocycles. The highest BCUT2D eigenvalue weighted by atomic mass is 16.2. The fourth-order valence-electron chi connectivity index (χ4n) is 3.97. The number of hydrogen-bond acceptors (Lipinski definition) is 3. The van der Waals surface area contributed by atoms with Crippen molar-refractivity contribution in [3.8, 4) is 0 Å². The molecule has 3 aromatic rings. The van der Waals surface area contributed by atoms with Gasteiger partial charge in [-0.3, -0.25) is 14.8 Å². The van der Waals surface area contributed by atoms with E-state index in [0.29, 0.717) is 12.2 Å². The van der Waals surface area contributed by atoms with E-state index in [0.717, 1.165) is 37.2 Å². The number of pyridine rings is 2. The van der Waals surface area contributed by atoms with E-state index in [1.54, 1.807) is 12.3 Å². The fraction of sp³-hybridized carbons (Fsp3) is 0.292. The number of likely N-dealkylation sites (tertiary alicyclic amines) is 1. The molecule has 1 fully saturated rings. The van der Waals surface area contributed by atoms with Crippen LogP contribution < -0.4 is 0 Å². The van der Waals surface area contributed by atoms with Crippen LogP contribution in [0.4, 0.5) is 0 Å². The number of aromatic nitrogens is 2. The zero-order valence-corrected chi connectivity index (χ0v) is 16.2. The van der Waals surface area contributed by atoms with Crippen LogP contribution in [0.1, 0.15) is 51.8 Å². The number of carbonyl (C=O) groups is 1. The maximum absolute atomic E-state index is 12.8. The molecular formula is C24H25N3O. The maximum atomic E-state index is 12.8. The van der Waals surface area contributed by atoms with Gasteiger partial charge in [0.05, 0.1) is 0 Å². The van der Waals surface area contributed by atoms with Gasteiger partial charge in [-0.15, -0.1) is 0 Å². The molecule has 4 rings (SSSR count). The summed E-state index contributed by atoms with van der Waals surface area (Å²) in [4.78, 5) is 23.8. The fourth-order valence-corrected chi connectivity index (χ4v) is 3.97. The van der Waals surface area contributed by atoms with Crippen LogP contribution in [0, 0.1) is 6.92 Å². The van der Waals surface area contributed by atoms with E-state index in [1.165, 1.54) is 11.1 Å². The Balaban J connectivity index is 1.52. The highest BCUT2D eigenvalue weighted by Gasteiger charge is 2.27. The predicted octanol–water partition coefficient (Wildman–Crippen LogP) is 4.40. The van der Waals surface area contributed by atoms with Gasteiger partial charge in [0, 0.05) is 36.6 Å². The summed E-state index contributed by atoms with van der Waals surface area (Å²) in [5, 5.41) is 0. The van der Waals surface area contributed by atoms with Gasteiger partial charge in [0.15, 0.2) is 0 Å². The van der Waals surface area contributed by atoms with Gasteiger partial charge in [-0.25, -0.2) is 0 Å². The monoisotopic (exact) mass is 371 g/mol. The van der Waals surface area contributed by atoms with Crippen molar-refractivity contribution in [2.24, 2.45) is 0 Å². The minimum absolute atomic E-state index is 0.0162. The molecule has 0 N–H and O–H groups in total. The van der Waals surface area contributed by atoms with Crippen LogP contribution in [0.5, 0.6) is 0 Å². The summed E-state index contributed by atoms with van der Waals surface area (Å²) in [6.07, 6.45) is 4.63. The van der Waals surface area contributed by atoms with Crippen LogP contribution in [0.15, 0.2) is 66.9 Å². The van der Waals surface area contributed by atoms with Crippen molar-refractivity contribution in [1.82, 2.24) is 14.9 Å². The van der Waals surface area contributed by atoms with Crippen LogP contribution in [0.2, 0.25) is 0 Å². The molecule has 4 heteroatoms. The molecule has 1 atom stereocenters. The predicted molar refractivity (Wildman–Crippen MR) is 110 cm³/mol. The highest BCUT2D eigenvalue weighted by molar-refractivity contribution is 5.92. The van der Waals surface area contributed by atoms with Crippen LogP contribution in [-0.2, 0) is 6.42 Å². The number of rotatable bonds is 4. The molecule has 4 nitrogen and oxygen atoms in total. The van der Waals surface area contributed by atoms with E-state index < -0.39 is 0 Å². The first kappa shape index (κ1) is 18.4. The molecule has 1 aliphatic heterocycles. The van der Waals surface area contributed by atoms with Crippen molar-refractivity contribution >= 4 is 5.91 Å². The second kappa shape index (κ2) is 8.34. The lowest BCUT2D eigenvalue weighted by molar-refractivity contribution is 0.0700. The van der Waals surface area contributed by atoms with E-state index in [-0.39, 0.29) is 11.8 Å². The summed E-state index contributed by atoms with van der Waals surface area (Å²) in [6.45, 7) is 3.54. The number of hydrogen-bond donors (Lipinski definition) is 0. The van der Waals surface area contributed by atoms with Crippen LogP contribution in [0.3, 0.4) is 0 Å². The van der Waals surface area contributed by atoms with Crippen molar-refractivity contribution < 1.29 is 4.79 Å². The first-order valence-electron chi connectivity index (χ1n) is 9.91. The number of benzene rings is 1. The standard InChI is InChI=1S/C24H25N3O/c1-18-14-20(15-19-8-3-2-4-9-19)16-23(26-18)21-10-7-13-27(17-21)24(28)22-11-5-6-12-25-22/h2-6,8-9,11-12,14,16,21H,7,10,13,15,17H2,1H3. The third kappa shape index (κ3) is 4.28. The van der Waals surface area contributed by atoms with Crippen LogP contribution in [-0.4, -0.2) is 33.9 Å². The van der Waals surface area contributed by atoms with Gasteiger partial charge in [0.1, 0.15) is 5.69 Å². The Morgan fingerprint density at radius 1 is 1.07 bits per heavy atom. The molecule has 1 saturated heterocycles. The zero-order chi connectivity index (χ0) is 19.3. The Labute approximate surface area is 166 Å². The Kier molecular flexibility index (Phi) is 5.47. The molecule has 28 heavy (non-hydrogen) atoms. The lowest BCUT2D eigenvalue weighted by Gasteiger charge is -2.32. The Hall–Kier alpha value is -3.01. The van der Waals surface area contributed by atoms with E-state index in [4.69, 9.17) is 4.98 Å². The summed E-state index contributed by atoms with van der Waals surface area (Å²) in [5.41, 5.74) is 5.24. The third-order valence-corrected chi connectivity index (χ3v) is 5.29. The third-order valence-electron chi connectivity index (χ3n) is 5.29. The summed E-state index contributed by atoms with van der Waals surface area (Å²) in [6, 6.07) is 20.4. The second-order valence-corrected chi connectivity index (χ2v) is 7.51. The Morgan fingerprint density at radius 3 is 2.68 bits per heavy atom. The average molecular weight is 371 g/mol. The molecular weight excluding hydrogens is 346 g/mol. The lowest BCUT2D eigenvalue weighted by Crippen LogP contribution is -2.39. The summed E-state index contributed by atoms with van der Waals surface area (Å²) >= 11 is 0. The quantitative estimate of drug-likeness (QED) is 0.683. The topological polar surface area (TPSA) is 46.1 Å². The normalized spacial score (nSPS) is 16.8. The average Bonchev–Trinajstić information content (AvgIpc) is 2.74. The van der Waals surface area contributed by atoms with E-state index >= 15 is 0 Å². The summed E-state index contributed by atoms with van der Waals surface area (Å²) in [5.74, 6) is 0.290. The molecule has 0 aliphatic carbocycles. The van der Waals surface area contributed by atoms with Crippen molar-refractivity contribution in [3.05, 3.63) is 95.1 Å². The molecule has 0 spiro atoms. The second-order valence-electron chi connectivity index (χ2n) is 7.51. The van der Waals surface area contributed by atoms with Crippen LogP contribution >= 0.6 is 0 Å². The Morgan fingerprint density at radius 2 is 1.89 bits per heavy atom. The Bertz CT molecular complexity index is 941. The van der Waals surface area contributed by atoms with Crippen molar-refractivity contribution in [2.75, 3.05) is 13.1 Å². The van der Waals surface area contributed by atoms with Gasteiger partial charge >= 0.3 is 0 Å². The largest absolute Gasteiger partial charge is 0.337 e. The van der Waals surface area contributed by atoms with Gasteiger partial charge in [0.2, 0.25) is 0 Å².